The van der Waals surface area contributed by atoms with Crippen molar-refractivity contribution in [2.45, 2.75) is 24.3 Å². The van der Waals surface area contributed by atoms with Crippen LogP contribution >= 0.6 is 0 Å². The predicted molar refractivity (Wildman–Crippen MR) is 137 cm³/mol. The topological polar surface area (TPSA) is 153 Å². The van der Waals surface area contributed by atoms with E-state index in [1.807, 2.05) is 19.0 Å². The molecule has 3 N–H and O–H groups in total. The monoisotopic (exact) mass is 506 g/mol. The first kappa shape index (κ1) is 26.0. The molecule has 2 aromatic heterocycles. The first-order chi connectivity index (χ1) is 17.8. The van der Waals surface area contributed by atoms with Crippen LogP contribution in [0.1, 0.15) is 34.5 Å². The Morgan fingerprint density at radius 3 is 2.78 bits per heavy atom. The highest BCUT2D eigenvalue weighted by atomic mass is 16.5. The lowest BCUT2D eigenvalue weighted by Crippen LogP contribution is -2.66. The molecule has 3 amide bonds. The molecule has 2 aliphatic heterocycles. The highest BCUT2D eigenvalue weighted by molar-refractivity contribution is 6.05. The van der Waals surface area contributed by atoms with Gasteiger partial charge in [-0.15, -0.1) is 0 Å². The van der Waals surface area contributed by atoms with Gasteiger partial charge in [0.15, 0.2) is 6.29 Å². The maximum Gasteiger partial charge on any atom is 0.328 e. The highest BCUT2D eigenvalue weighted by Gasteiger charge is 2.60. The fraction of sp³-hybridized carbons (Fsp3) is 0.440. The Morgan fingerprint density at radius 1 is 1.32 bits per heavy atom. The molecule has 1 fully saturated rings. The summed E-state index contributed by atoms with van der Waals surface area (Å²) in [5.41, 5.74) is 0.846. The van der Waals surface area contributed by atoms with Gasteiger partial charge in [-0.05, 0) is 33.0 Å². The van der Waals surface area contributed by atoms with Gasteiger partial charge in [-0.3, -0.25) is 19.8 Å². The number of nitrogens with zero attached hydrogens (tertiary/aromatic N) is 5. The number of aldehydes is 1. The third-order valence-corrected chi connectivity index (χ3v) is 6.67. The summed E-state index contributed by atoms with van der Waals surface area (Å²) in [5, 5.41) is 18.2. The predicted octanol–water partition coefficient (Wildman–Crippen LogP) is 1.35. The number of anilines is 3. The number of nitriles is 1. The summed E-state index contributed by atoms with van der Waals surface area (Å²) < 4.78 is 5.04. The van der Waals surface area contributed by atoms with Gasteiger partial charge in [0.05, 0.1) is 23.3 Å². The Balaban J connectivity index is 1.58. The van der Waals surface area contributed by atoms with E-state index in [4.69, 9.17) is 4.74 Å². The lowest BCUT2D eigenvalue weighted by molar-refractivity contribution is -0.131. The summed E-state index contributed by atoms with van der Waals surface area (Å²) in [7, 11) is 5.44. The molecule has 1 saturated carbocycles. The fourth-order valence-electron chi connectivity index (χ4n) is 4.75. The third-order valence-electron chi connectivity index (χ3n) is 6.67. The van der Waals surface area contributed by atoms with Crippen LogP contribution in [0.5, 0.6) is 0 Å². The van der Waals surface area contributed by atoms with Crippen molar-refractivity contribution in [1.82, 2.24) is 20.2 Å². The van der Waals surface area contributed by atoms with Gasteiger partial charge in [-0.2, -0.15) is 5.26 Å². The van der Waals surface area contributed by atoms with Gasteiger partial charge in [0.25, 0.3) is 0 Å². The summed E-state index contributed by atoms with van der Waals surface area (Å²) >= 11 is 0. The zero-order valence-electron chi connectivity index (χ0n) is 21.1. The van der Waals surface area contributed by atoms with Gasteiger partial charge in [-0.1, -0.05) is 6.07 Å². The molecule has 37 heavy (non-hydrogen) atoms. The molecule has 2 bridgehead atoms. The number of rotatable bonds is 10. The van der Waals surface area contributed by atoms with E-state index in [0.29, 0.717) is 68.0 Å². The van der Waals surface area contributed by atoms with Crippen molar-refractivity contribution in [3.63, 3.8) is 0 Å². The molecule has 0 unspecified atom stereocenters. The Labute approximate surface area is 215 Å². The molecule has 0 radical (unpaired) electrons. The SMILES string of the molecule is COCCNc1cc(NC(=O)N2c3nc(C=O)ccc3C3(C(=O)NCCN(C)C)CC2C3)ncc1C#N. The number of nitrogens with one attached hydrogen (secondary N) is 3. The average Bonchev–Trinajstić information content (AvgIpc) is 2.86. The molecule has 2 aromatic rings. The summed E-state index contributed by atoms with van der Waals surface area (Å²) in [6.45, 7) is 2.12. The maximum absolute atomic E-state index is 13.4. The number of methoxy groups -OCH3 is 1. The number of carbonyl (C=O) groups excluding carboxylic acids is 3. The molecule has 1 aliphatic carbocycles. The lowest BCUT2D eigenvalue weighted by Gasteiger charge is -2.55. The van der Waals surface area contributed by atoms with Gasteiger partial charge in [0.2, 0.25) is 5.91 Å². The van der Waals surface area contributed by atoms with Gasteiger partial charge in [-0.25, -0.2) is 14.8 Å². The normalized spacial score (nSPS) is 19.3. The Hall–Kier alpha value is -4.08. The van der Waals surface area contributed by atoms with Gasteiger partial charge in [0.1, 0.15) is 23.4 Å². The number of aromatic nitrogens is 2. The van der Waals surface area contributed by atoms with E-state index in [2.05, 4.69) is 32.0 Å². The van der Waals surface area contributed by atoms with Crippen LogP contribution in [0.3, 0.4) is 0 Å². The maximum atomic E-state index is 13.4. The van der Waals surface area contributed by atoms with Crippen LogP contribution in [0.4, 0.5) is 22.1 Å². The zero-order chi connectivity index (χ0) is 26.6. The number of carbonyl (C=O) groups is 3. The minimum atomic E-state index is -0.789. The summed E-state index contributed by atoms with van der Waals surface area (Å²) in [5.74, 6) is 0.433. The van der Waals surface area contributed by atoms with E-state index in [0.717, 1.165) is 0 Å². The van der Waals surface area contributed by atoms with E-state index in [-0.39, 0.29) is 23.5 Å². The van der Waals surface area contributed by atoms with Crippen molar-refractivity contribution in [1.29, 1.82) is 5.26 Å². The molecular formula is C25H30N8O4. The molecule has 4 heterocycles. The minimum absolute atomic E-state index is 0.104. The van der Waals surface area contributed by atoms with E-state index < -0.39 is 11.4 Å². The number of urea groups is 1. The van der Waals surface area contributed by atoms with Crippen LogP contribution in [-0.2, 0) is 14.9 Å². The smallest absolute Gasteiger partial charge is 0.328 e. The molecule has 12 heteroatoms. The number of likely N-dealkylation sites (N-methyl/N-ethyl adjacent to an activating group) is 1. The van der Waals surface area contributed by atoms with E-state index in [1.54, 1.807) is 25.3 Å². The van der Waals surface area contributed by atoms with Crippen molar-refractivity contribution in [3.05, 3.63) is 41.2 Å². The molecular weight excluding hydrogens is 476 g/mol. The number of ether oxygens (including phenoxy) is 1. The standard InChI is InChI=1S/C25H30N8O4/c1-32(2)8-6-28-23(35)25-11-18(12-25)33(22-19(25)5-4-17(15-34)30-22)24(36)31-21-10-20(27-7-9-37-3)16(13-26)14-29-21/h4-5,10,14-15,18H,6-9,11-12H2,1-3H3,(H,28,35)(H2,27,29,31,36). The van der Waals surface area contributed by atoms with Crippen LogP contribution in [-0.4, -0.2) is 86.6 Å². The molecule has 0 atom stereocenters. The van der Waals surface area contributed by atoms with Crippen molar-refractivity contribution < 1.29 is 19.1 Å². The highest BCUT2D eigenvalue weighted by Crippen LogP contribution is 2.54. The van der Waals surface area contributed by atoms with Crippen LogP contribution in [0.15, 0.2) is 24.4 Å². The number of pyridine rings is 2. The quantitative estimate of drug-likeness (QED) is 0.320. The minimum Gasteiger partial charge on any atom is -0.383 e. The summed E-state index contributed by atoms with van der Waals surface area (Å²) in [6.07, 6.45) is 2.90. The van der Waals surface area contributed by atoms with Crippen LogP contribution in [0.2, 0.25) is 0 Å². The van der Waals surface area contributed by atoms with Gasteiger partial charge in [0, 0.05) is 50.6 Å². The molecule has 0 aromatic carbocycles. The van der Waals surface area contributed by atoms with Crippen molar-refractivity contribution in [2.24, 2.45) is 0 Å². The summed E-state index contributed by atoms with van der Waals surface area (Å²) in [4.78, 5) is 50.2. The molecule has 0 spiro atoms. The number of amides is 3. The molecule has 194 valence electrons. The Kier molecular flexibility index (Phi) is 7.66. The van der Waals surface area contributed by atoms with Crippen molar-refractivity contribution >= 4 is 35.5 Å². The van der Waals surface area contributed by atoms with E-state index in [9.17, 15) is 19.6 Å². The van der Waals surface area contributed by atoms with Gasteiger partial charge >= 0.3 is 6.03 Å². The first-order valence-electron chi connectivity index (χ1n) is 12.0. The number of hydrogen-bond acceptors (Lipinski definition) is 9. The second-order valence-electron chi connectivity index (χ2n) is 9.38. The Morgan fingerprint density at radius 2 is 2.11 bits per heavy atom. The average molecular weight is 507 g/mol. The molecule has 12 nitrogen and oxygen atoms in total. The molecule has 5 rings (SSSR count). The number of hydrogen-bond donors (Lipinski definition) is 3. The van der Waals surface area contributed by atoms with Crippen LogP contribution in [0, 0.1) is 11.3 Å². The first-order valence-corrected chi connectivity index (χ1v) is 12.0. The lowest BCUT2D eigenvalue weighted by atomic mass is 9.58. The van der Waals surface area contributed by atoms with Crippen molar-refractivity contribution in [2.75, 3.05) is 63.0 Å². The van der Waals surface area contributed by atoms with Crippen molar-refractivity contribution in [3.8, 4) is 6.07 Å². The second-order valence-corrected chi connectivity index (χ2v) is 9.38. The molecule has 0 saturated heterocycles. The molecule has 3 aliphatic rings. The Bertz CT molecular complexity index is 1240. The van der Waals surface area contributed by atoms with Crippen LogP contribution in [0.25, 0.3) is 0 Å². The fourth-order valence-corrected chi connectivity index (χ4v) is 4.75. The van der Waals surface area contributed by atoms with Crippen LogP contribution < -0.4 is 20.9 Å². The third kappa shape index (κ3) is 5.09. The largest absolute Gasteiger partial charge is 0.383 e. The van der Waals surface area contributed by atoms with E-state index >= 15 is 0 Å². The summed E-state index contributed by atoms with van der Waals surface area (Å²) in [6, 6.07) is 6.18. The van der Waals surface area contributed by atoms with E-state index in [1.165, 1.54) is 11.1 Å². The zero-order valence-corrected chi connectivity index (χ0v) is 21.1. The van der Waals surface area contributed by atoms with Gasteiger partial charge < -0.3 is 20.3 Å². The second kappa shape index (κ2) is 10.9.